The first-order valence-corrected chi connectivity index (χ1v) is 5.01. The molecule has 0 radical (unpaired) electrons. The monoisotopic (exact) mass is 342 g/mol. The molecule has 0 atom stereocenters. The van der Waals surface area contributed by atoms with Gasteiger partial charge in [-0.3, -0.25) is 4.79 Å². The zero-order chi connectivity index (χ0) is 11.6. The Balaban J connectivity index is 3.56. The fraction of sp³-hybridized carbons (Fsp3) is 0.125. The summed E-state index contributed by atoms with van der Waals surface area (Å²) in [6.07, 6.45) is -1.99. The van der Waals surface area contributed by atoms with Gasteiger partial charge in [0.15, 0.2) is 0 Å². The fourth-order valence-electron chi connectivity index (χ4n) is 0.968. The summed E-state index contributed by atoms with van der Waals surface area (Å²) in [5.41, 5.74) is -1.26. The van der Waals surface area contributed by atoms with Gasteiger partial charge >= 0.3 is 0 Å². The molecule has 0 aliphatic heterocycles. The smallest absolute Gasteiger partial charge is 0.266 e. The molecule has 0 aliphatic carbocycles. The van der Waals surface area contributed by atoms with Crippen LogP contribution in [0.1, 0.15) is 27.9 Å². The second-order valence-corrected chi connectivity index (χ2v) is 3.81. The van der Waals surface area contributed by atoms with Crippen molar-refractivity contribution < 1.29 is 13.6 Å². The van der Waals surface area contributed by atoms with Crippen LogP contribution in [-0.2, 0) is 0 Å². The molecule has 0 saturated heterocycles. The molecule has 0 amide bonds. The maximum Gasteiger partial charge on any atom is 0.266 e. The van der Waals surface area contributed by atoms with E-state index in [1.807, 2.05) is 0 Å². The van der Waals surface area contributed by atoms with E-state index in [-0.39, 0.29) is 9.26 Å². The minimum atomic E-state index is -2.86. The van der Waals surface area contributed by atoms with Gasteiger partial charge < -0.3 is 0 Å². The third-order valence-corrected chi connectivity index (χ3v) is 2.61. The largest absolute Gasteiger partial charge is 0.275 e. The van der Waals surface area contributed by atoms with E-state index in [1.165, 1.54) is 6.07 Å². The number of nitriles is 1. The number of alkyl halides is 2. The molecular formula is C8H2ClF2IN2O. The molecule has 3 nitrogen and oxygen atoms in total. The van der Waals surface area contributed by atoms with Crippen LogP contribution in [0.5, 0.6) is 0 Å². The van der Waals surface area contributed by atoms with Crippen molar-refractivity contribution in [3.8, 4) is 6.07 Å². The van der Waals surface area contributed by atoms with E-state index in [9.17, 15) is 13.6 Å². The molecule has 0 aromatic carbocycles. The Hall–Kier alpha value is -0.810. The quantitative estimate of drug-likeness (QED) is 0.472. The lowest BCUT2D eigenvalue weighted by atomic mass is 10.1. The van der Waals surface area contributed by atoms with Gasteiger partial charge in [0.05, 0.1) is 16.7 Å². The molecule has 1 aromatic heterocycles. The van der Waals surface area contributed by atoms with Gasteiger partial charge in [0.25, 0.3) is 11.7 Å². The van der Waals surface area contributed by atoms with E-state index >= 15 is 0 Å². The molecule has 7 heteroatoms. The Morgan fingerprint density at radius 2 is 2.27 bits per heavy atom. The second kappa shape index (κ2) is 4.81. The third kappa shape index (κ3) is 2.41. The lowest BCUT2D eigenvalue weighted by Gasteiger charge is -2.06. The average molecular weight is 342 g/mol. The highest BCUT2D eigenvalue weighted by atomic mass is 127. The van der Waals surface area contributed by atoms with Gasteiger partial charge in [-0.25, -0.2) is 13.8 Å². The summed E-state index contributed by atoms with van der Waals surface area (Å²) >= 11 is 6.84. The number of halogens is 4. The van der Waals surface area contributed by atoms with Crippen LogP contribution in [0.2, 0.25) is 0 Å². The number of nitrogens with zero attached hydrogens (tertiary/aromatic N) is 2. The van der Waals surface area contributed by atoms with Crippen molar-refractivity contribution in [2.75, 3.05) is 0 Å². The van der Waals surface area contributed by atoms with E-state index in [2.05, 4.69) is 4.98 Å². The van der Waals surface area contributed by atoms with Crippen molar-refractivity contribution >= 4 is 39.4 Å². The van der Waals surface area contributed by atoms with Crippen LogP contribution in [-0.4, -0.2) is 10.2 Å². The predicted molar refractivity (Wildman–Crippen MR) is 56.8 cm³/mol. The Morgan fingerprint density at radius 3 is 2.67 bits per heavy atom. The van der Waals surface area contributed by atoms with Crippen LogP contribution in [0.15, 0.2) is 6.20 Å². The van der Waals surface area contributed by atoms with Crippen molar-refractivity contribution in [1.29, 1.82) is 5.26 Å². The van der Waals surface area contributed by atoms with E-state index in [1.54, 1.807) is 22.6 Å². The topological polar surface area (TPSA) is 53.8 Å². The molecule has 0 bridgehead atoms. The molecule has 15 heavy (non-hydrogen) atoms. The van der Waals surface area contributed by atoms with Crippen molar-refractivity contribution in [1.82, 2.24) is 4.98 Å². The van der Waals surface area contributed by atoms with E-state index in [0.717, 1.165) is 6.20 Å². The molecule has 0 spiro atoms. The zero-order valence-electron chi connectivity index (χ0n) is 6.97. The Kier molecular flexibility index (Phi) is 3.93. The summed E-state index contributed by atoms with van der Waals surface area (Å²) in [7, 11) is 0. The van der Waals surface area contributed by atoms with Crippen LogP contribution < -0.4 is 0 Å². The number of carbonyl (C=O) groups excluding carboxylic acids is 1. The third-order valence-electron chi connectivity index (χ3n) is 1.61. The highest BCUT2D eigenvalue weighted by molar-refractivity contribution is 14.1. The van der Waals surface area contributed by atoms with Gasteiger partial charge in [0.2, 0.25) is 0 Å². The molecule has 0 saturated carbocycles. The normalized spacial score (nSPS) is 10.1. The Bertz CT molecular complexity index is 459. The lowest BCUT2D eigenvalue weighted by Crippen LogP contribution is -2.05. The standard InChI is InChI=1S/C8H2ClF2IN2O/c9-6(15)5-3(1-13)4(7(10)11)2-14-8(5)12/h2,7H. The van der Waals surface area contributed by atoms with Crippen LogP contribution in [0.4, 0.5) is 8.78 Å². The zero-order valence-corrected chi connectivity index (χ0v) is 9.88. The van der Waals surface area contributed by atoms with Gasteiger partial charge in [0.1, 0.15) is 9.77 Å². The van der Waals surface area contributed by atoms with Gasteiger partial charge in [-0.2, -0.15) is 5.26 Å². The van der Waals surface area contributed by atoms with Crippen molar-refractivity contribution in [3.05, 3.63) is 26.6 Å². The van der Waals surface area contributed by atoms with E-state index in [0.29, 0.717) is 0 Å². The molecule has 0 unspecified atom stereocenters. The summed E-state index contributed by atoms with van der Waals surface area (Å²) in [6, 6.07) is 1.54. The summed E-state index contributed by atoms with van der Waals surface area (Å²) < 4.78 is 25.0. The predicted octanol–water partition coefficient (Wildman–Crippen LogP) is 2.87. The van der Waals surface area contributed by atoms with Crippen LogP contribution in [0, 0.1) is 15.0 Å². The molecule has 78 valence electrons. The number of rotatable bonds is 2. The first kappa shape index (κ1) is 12.3. The summed E-state index contributed by atoms with van der Waals surface area (Å²) in [4.78, 5) is 14.5. The summed E-state index contributed by atoms with van der Waals surface area (Å²) in [5.74, 6) is 0. The molecule has 0 N–H and O–H groups in total. The van der Waals surface area contributed by atoms with E-state index in [4.69, 9.17) is 16.9 Å². The first-order chi connectivity index (χ1) is 6.99. The van der Waals surface area contributed by atoms with Crippen molar-refractivity contribution in [2.24, 2.45) is 0 Å². The molecule has 1 heterocycles. The minimum Gasteiger partial charge on any atom is -0.275 e. The Labute approximate surface area is 102 Å². The molecule has 1 rings (SSSR count). The van der Waals surface area contributed by atoms with Crippen molar-refractivity contribution in [3.63, 3.8) is 0 Å². The molecular weight excluding hydrogens is 340 g/mol. The second-order valence-electron chi connectivity index (χ2n) is 2.44. The van der Waals surface area contributed by atoms with Gasteiger partial charge in [-0.1, -0.05) is 0 Å². The highest BCUT2D eigenvalue weighted by Gasteiger charge is 2.22. The SMILES string of the molecule is N#Cc1c(C(F)F)cnc(I)c1C(=O)Cl. The number of pyridine rings is 1. The Morgan fingerprint density at radius 1 is 1.67 bits per heavy atom. The maximum atomic E-state index is 12.4. The van der Waals surface area contributed by atoms with Gasteiger partial charge in [-0.05, 0) is 34.2 Å². The molecule has 0 aliphatic rings. The summed E-state index contributed by atoms with van der Waals surface area (Å²) in [6.45, 7) is 0. The van der Waals surface area contributed by atoms with Gasteiger partial charge in [0, 0.05) is 6.20 Å². The van der Waals surface area contributed by atoms with Gasteiger partial charge in [-0.15, -0.1) is 0 Å². The molecule has 0 fully saturated rings. The number of hydrogen-bond acceptors (Lipinski definition) is 3. The van der Waals surface area contributed by atoms with Crippen LogP contribution in [0.25, 0.3) is 0 Å². The maximum absolute atomic E-state index is 12.4. The minimum absolute atomic E-state index is 0.133. The number of hydrogen-bond donors (Lipinski definition) is 0. The molecule has 1 aromatic rings. The van der Waals surface area contributed by atoms with Crippen LogP contribution in [0.3, 0.4) is 0 Å². The van der Waals surface area contributed by atoms with E-state index < -0.39 is 22.8 Å². The number of carbonyl (C=O) groups is 1. The average Bonchev–Trinajstić information content (AvgIpc) is 2.15. The first-order valence-electron chi connectivity index (χ1n) is 3.55. The lowest BCUT2D eigenvalue weighted by molar-refractivity contribution is 0.107. The highest BCUT2D eigenvalue weighted by Crippen LogP contribution is 2.27. The number of aromatic nitrogens is 1. The fourth-order valence-corrected chi connectivity index (χ4v) is 1.97. The van der Waals surface area contributed by atoms with Crippen molar-refractivity contribution in [2.45, 2.75) is 6.43 Å². The van der Waals surface area contributed by atoms with Crippen LogP contribution >= 0.6 is 34.2 Å². The summed E-state index contributed by atoms with van der Waals surface area (Å²) in [5, 5.41) is 7.73.